The lowest BCUT2D eigenvalue weighted by atomic mass is 9.98. The third-order valence-corrected chi connectivity index (χ3v) is 1.96. The van der Waals surface area contributed by atoms with Crippen LogP contribution in [0.15, 0.2) is 0 Å². The van der Waals surface area contributed by atoms with Crippen LogP contribution < -0.4 is 0 Å². The molecule has 0 unspecified atom stereocenters. The molecular weight excluding hydrogens is 268 g/mol. The second-order valence-corrected chi connectivity index (χ2v) is 6.14. The molecule has 0 aliphatic carbocycles. The minimum atomic E-state index is -1.09. The molecule has 0 spiro atoms. The fraction of sp³-hybridized carbons (Fsp3) is 0.769. The lowest BCUT2D eigenvalue weighted by Crippen LogP contribution is -2.26. The van der Waals surface area contributed by atoms with Gasteiger partial charge in [0.15, 0.2) is 0 Å². The van der Waals surface area contributed by atoms with Crippen molar-refractivity contribution in [3.05, 3.63) is 0 Å². The monoisotopic (exact) mass is 290 g/mol. The van der Waals surface area contributed by atoms with E-state index in [1.165, 1.54) is 0 Å². The summed E-state index contributed by atoms with van der Waals surface area (Å²) in [6.07, 6.45) is -1.09. The predicted octanol–water partition coefficient (Wildman–Crippen LogP) is 2.23. The van der Waals surface area contributed by atoms with Gasteiger partial charge in [-0.25, -0.2) is 4.79 Å². The third kappa shape index (κ3) is 7.60. The lowest BCUT2D eigenvalue weighted by molar-refractivity contribution is -0.167. The summed E-state index contributed by atoms with van der Waals surface area (Å²) >= 11 is 0. The van der Waals surface area contributed by atoms with Crippen LogP contribution in [0.25, 0.3) is 0 Å². The number of hydrogen-bond acceptors (Lipinski definition) is 7. The fourth-order valence-corrected chi connectivity index (χ4v) is 0.737. The second-order valence-electron chi connectivity index (χ2n) is 6.14. The molecule has 0 saturated heterocycles. The van der Waals surface area contributed by atoms with Gasteiger partial charge in [-0.2, -0.15) is 0 Å². The van der Waals surface area contributed by atoms with E-state index in [9.17, 15) is 14.4 Å². The van der Waals surface area contributed by atoms with Crippen LogP contribution in [-0.2, 0) is 28.5 Å². The van der Waals surface area contributed by atoms with E-state index in [2.05, 4.69) is 18.9 Å². The van der Waals surface area contributed by atoms with Gasteiger partial charge in [0.25, 0.3) is 0 Å². The summed E-state index contributed by atoms with van der Waals surface area (Å²) in [6.45, 7) is 8.89. The average Bonchev–Trinajstić information content (AvgIpc) is 2.26. The summed E-state index contributed by atoms with van der Waals surface area (Å²) in [6, 6.07) is 0. The van der Waals surface area contributed by atoms with Crippen molar-refractivity contribution in [2.45, 2.75) is 41.5 Å². The molecular formula is C13H22O7. The van der Waals surface area contributed by atoms with Gasteiger partial charge in [-0.15, -0.1) is 0 Å². The zero-order chi connectivity index (χ0) is 16.0. The highest BCUT2D eigenvalue weighted by molar-refractivity contribution is 5.75. The molecule has 0 aromatic rings. The maximum absolute atomic E-state index is 11.3. The van der Waals surface area contributed by atoms with E-state index in [1.807, 2.05) is 0 Å². The minimum Gasteiger partial charge on any atom is -0.427 e. The molecule has 0 aliphatic rings. The molecule has 0 aromatic carbocycles. The Balaban J connectivity index is 3.82. The van der Waals surface area contributed by atoms with Crippen molar-refractivity contribution in [3.8, 4) is 0 Å². The highest BCUT2D eigenvalue weighted by Crippen LogP contribution is 2.15. The molecule has 0 radical (unpaired) electrons. The van der Waals surface area contributed by atoms with Crippen LogP contribution in [0.2, 0.25) is 0 Å². The Hall–Kier alpha value is -1.79. The zero-order valence-corrected chi connectivity index (χ0v) is 12.8. The first-order chi connectivity index (χ1) is 8.94. The fourth-order valence-electron chi connectivity index (χ4n) is 0.737. The number of carbonyl (C=O) groups is 3. The molecule has 20 heavy (non-hydrogen) atoms. The Labute approximate surface area is 118 Å². The predicted molar refractivity (Wildman–Crippen MR) is 68.4 cm³/mol. The number of rotatable bonds is 4. The number of hydrogen-bond donors (Lipinski definition) is 0. The van der Waals surface area contributed by atoms with Gasteiger partial charge in [-0.3, -0.25) is 9.59 Å². The Bertz CT molecular complexity index is 326. The van der Waals surface area contributed by atoms with E-state index in [0.29, 0.717) is 0 Å². The van der Waals surface area contributed by atoms with Gasteiger partial charge in [0, 0.05) is 0 Å². The van der Waals surface area contributed by atoms with Crippen LogP contribution in [0.1, 0.15) is 41.5 Å². The van der Waals surface area contributed by atoms with Gasteiger partial charge in [-0.05, 0) is 41.5 Å². The molecule has 0 aromatic heterocycles. The van der Waals surface area contributed by atoms with Gasteiger partial charge in [-0.1, -0.05) is 0 Å². The Kier molecular flexibility index (Phi) is 6.48. The molecule has 0 heterocycles. The summed E-state index contributed by atoms with van der Waals surface area (Å²) in [5, 5.41) is 0. The maximum Gasteiger partial charge on any atom is 0.514 e. The van der Waals surface area contributed by atoms with Crippen molar-refractivity contribution in [2.75, 3.05) is 13.6 Å². The highest BCUT2D eigenvalue weighted by atomic mass is 16.8. The Morgan fingerprint density at radius 1 is 0.650 bits per heavy atom. The smallest absolute Gasteiger partial charge is 0.427 e. The molecule has 7 nitrogen and oxygen atoms in total. The first-order valence-electron chi connectivity index (χ1n) is 6.08. The summed E-state index contributed by atoms with van der Waals surface area (Å²) in [4.78, 5) is 33.8. The van der Waals surface area contributed by atoms with E-state index < -0.39 is 42.5 Å². The van der Waals surface area contributed by atoms with Gasteiger partial charge >= 0.3 is 18.1 Å². The standard InChI is InChI=1S/C13H22O7/c1-12(2,3)9(14)17-7-19-11(16)20-8-18-10(15)13(4,5)6/h7-8H2,1-6H3. The number of esters is 2. The van der Waals surface area contributed by atoms with Crippen molar-refractivity contribution in [2.24, 2.45) is 10.8 Å². The molecule has 0 saturated carbocycles. The van der Waals surface area contributed by atoms with Crippen LogP contribution in [-0.4, -0.2) is 31.7 Å². The molecule has 0 bridgehead atoms. The quantitative estimate of drug-likeness (QED) is 0.579. The topological polar surface area (TPSA) is 88.1 Å². The van der Waals surface area contributed by atoms with Crippen molar-refractivity contribution in [1.82, 2.24) is 0 Å². The van der Waals surface area contributed by atoms with Gasteiger partial charge in [0.2, 0.25) is 13.6 Å². The van der Waals surface area contributed by atoms with Crippen LogP contribution in [0, 0.1) is 10.8 Å². The molecule has 0 fully saturated rings. The Morgan fingerprint density at radius 3 is 1.20 bits per heavy atom. The van der Waals surface area contributed by atoms with E-state index in [-0.39, 0.29) is 0 Å². The molecule has 0 aliphatic heterocycles. The summed E-state index contributed by atoms with van der Waals surface area (Å²) < 4.78 is 18.3. The molecule has 7 heteroatoms. The average molecular weight is 290 g/mol. The van der Waals surface area contributed by atoms with Crippen LogP contribution in [0.4, 0.5) is 4.79 Å². The van der Waals surface area contributed by atoms with Crippen LogP contribution in [0.3, 0.4) is 0 Å². The molecule has 0 amide bonds. The highest BCUT2D eigenvalue weighted by Gasteiger charge is 2.24. The molecule has 0 atom stereocenters. The Morgan fingerprint density at radius 2 is 0.950 bits per heavy atom. The zero-order valence-electron chi connectivity index (χ0n) is 12.8. The normalized spacial score (nSPS) is 11.5. The number of carbonyl (C=O) groups excluding carboxylic acids is 3. The maximum atomic E-state index is 11.3. The van der Waals surface area contributed by atoms with Crippen molar-refractivity contribution in [3.63, 3.8) is 0 Å². The first kappa shape index (κ1) is 18.2. The van der Waals surface area contributed by atoms with Crippen LogP contribution in [0.5, 0.6) is 0 Å². The van der Waals surface area contributed by atoms with Crippen LogP contribution >= 0.6 is 0 Å². The molecule has 0 rings (SSSR count). The first-order valence-corrected chi connectivity index (χ1v) is 6.08. The van der Waals surface area contributed by atoms with E-state index in [0.717, 1.165) is 0 Å². The summed E-state index contributed by atoms with van der Waals surface area (Å²) in [7, 11) is 0. The van der Waals surface area contributed by atoms with E-state index in [4.69, 9.17) is 0 Å². The minimum absolute atomic E-state index is 0.510. The van der Waals surface area contributed by atoms with Gasteiger partial charge < -0.3 is 18.9 Å². The largest absolute Gasteiger partial charge is 0.514 e. The molecule has 116 valence electrons. The lowest BCUT2D eigenvalue weighted by Gasteiger charge is -2.17. The number of ether oxygens (including phenoxy) is 4. The van der Waals surface area contributed by atoms with Gasteiger partial charge in [0.1, 0.15) is 0 Å². The third-order valence-electron chi connectivity index (χ3n) is 1.96. The summed E-state index contributed by atoms with van der Waals surface area (Å²) in [5.41, 5.74) is -1.37. The molecule has 0 N–H and O–H groups in total. The van der Waals surface area contributed by atoms with Crippen molar-refractivity contribution < 1.29 is 33.3 Å². The van der Waals surface area contributed by atoms with E-state index in [1.54, 1.807) is 41.5 Å². The van der Waals surface area contributed by atoms with Crippen molar-refractivity contribution >= 4 is 18.1 Å². The second kappa shape index (κ2) is 7.12. The van der Waals surface area contributed by atoms with Gasteiger partial charge in [0.05, 0.1) is 10.8 Å². The SMILES string of the molecule is CC(C)(C)C(=O)OCOC(=O)OCOC(=O)C(C)(C)C. The van der Waals surface area contributed by atoms with E-state index >= 15 is 0 Å². The van der Waals surface area contributed by atoms with Crippen molar-refractivity contribution in [1.29, 1.82) is 0 Å². The summed E-state index contributed by atoms with van der Waals surface area (Å²) in [5.74, 6) is -1.02.